The van der Waals surface area contributed by atoms with E-state index in [1.807, 2.05) is 49.4 Å². The van der Waals surface area contributed by atoms with Crippen LogP contribution in [0, 0.1) is 6.92 Å². The summed E-state index contributed by atoms with van der Waals surface area (Å²) in [5, 5.41) is 3.67. The van der Waals surface area contributed by atoms with E-state index in [4.69, 9.17) is 16.0 Å². The van der Waals surface area contributed by atoms with E-state index in [-0.39, 0.29) is 5.91 Å². The third kappa shape index (κ3) is 5.07. The lowest BCUT2D eigenvalue weighted by Crippen LogP contribution is -2.25. The topological polar surface area (TPSA) is 55.1 Å². The first kappa shape index (κ1) is 17.5. The first-order valence-electron chi connectivity index (χ1n) is 8.47. The quantitative estimate of drug-likeness (QED) is 0.679. The summed E-state index contributed by atoms with van der Waals surface area (Å²) in [7, 11) is 0. The van der Waals surface area contributed by atoms with Gasteiger partial charge in [0.1, 0.15) is 5.52 Å². The standard InChI is InChI=1S/C20H21ClN2O2/c1-14-5-10-18-17(13-14)23-20(25-18)4-2-3-19(24)22-12-11-15-6-8-16(21)9-7-15/h5-10,13H,2-4,11-12H2,1H3,(H,22,24). The van der Waals surface area contributed by atoms with E-state index in [2.05, 4.69) is 10.3 Å². The van der Waals surface area contributed by atoms with E-state index in [9.17, 15) is 4.79 Å². The molecule has 1 aromatic heterocycles. The van der Waals surface area contributed by atoms with Gasteiger partial charge >= 0.3 is 0 Å². The second-order valence-electron chi connectivity index (χ2n) is 6.16. The number of fused-ring (bicyclic) bond motifs is 1. The van der Waals surface area contributed by atoms with Gasteiger partial charge in [-0.1, -0.05) is 29.8 Å². The van der Waals surface area contributed by atoms with E-state index in [1.54, 1.807) is 0 Å². The van der Waals surface area contributed by atoms with Gasteiger partial charge in [0.15, 0.2) is 11.5 Å². The SMILES string of the molecule is Cc1ccc2oc(CCCC(=O)NCCc3ccc(Cl)cc3)nc2c1. The fraction of sp³-hybridized carbons (Fsp3) is 0.300. The number of carbonyl (C=O) groups excluding carboxylic acids is 1. The van der Waals surface area contributed by atoms with Crippen LogP contribution in [0.2, 0.25) is 5.02 Å². The molecule has 0 aliphatic carbocycles. The highest BCUT2D eigenvalue weighted by atomic mass is 35.5. The number of halogens is 1. The Bertz CT molecular complexity index is 856. The number of oxazole rings is 1. The monoisotopic (exact) mass is 356 g/mol. The van der Waals surface area contributed by atoms with Crippen molar-refractivity contribution in [2.24, 2.45) is 0 Å². The summed E-state index contributed by atoms with van der Waals surface area (Å²) in [5.74, 6) is 0.746. The van der Waals surface area contributed by atoms with Crippen molar-refractivity contribution in [1.82, 2.24) is 10.3 Å². The molecule has 0 saturated heterocycles. The van der Waals surface area contributed by atoms with Gasteiger partial charge in [-0.2, -0.15) is 0 Å². The zero-order valence-corrected chi connectivity index (χ0v) is 15.0. The van der Waals surface area contributed by atoms with Crippen molar-refractivity contribution in [3.8, 4) is 0 Å². The lowest BCUT2D eigenvalue weighted by molar-refractivity contribution is -0.121. The molecule has 0 spiro atoms. The van der Waals surface area contributed by atoms with Gasteiger partial charge in [0.25, 0.3) is 0 Å². The minimum Gasteiger partial charge on any atom is -0.441 e. The Hall–Kier alpha value is -2.33. The minimum atomic E-state index is 0.0564. The molecular formula is C20H21ClN2O2. The van der Waals surface area contributed by atoms with Crippen LogP contribution in [-0.2, 0) is 17.6 Å². The maximum Gasteiger partial charge on any atom is 0.220 e. The summed E-state index contributed by atoms with van der Waals surface area (Å²) < 4.78 is 5.70. The zero-order chi connectivity index (χ0) is 17.6. The Balaban J connectivity index is 1.39. The molecule has 0 saturated carbocycles. The van der Waals surface area contributed by atoms with Crippen LogP contribution in [0.4, 0.5) is 0 Å². The first-order valence-corrected chi connectivity index (χ1v) is 8.85. The Kier molecular flexibility index (Phi) is 5.71. The van der Waals surface area contributed by atoms with Crippen molar-refractivity contribution in [2.45, 2.75) is 32.6 Å². The molecule has 0 aliphatic heterocycles. The summed E-state index contributed by atoms with van der Waals surface area (Å²) in [6.45, 7) is 2.66. The molecule has 5 heteroatoms. The van der Waals surface area contributed by atoms with Crippen LogP contribution in [0.3, 0.4) is 0 Å². The highest BCUT2D eigenvalue weighted by Gasteiger charge is 2.07. The van der Waals surface area contributed by atoms with Crippen LogP contribution in [0.15, 0.2) is 46.9 Å². The highest BCUT2D eigenvalue weighted by Crippen LogP contribution is 2.18. The number of nitrogens with one attached hydrogen (secondary N) is 1. The average Bonchev–Trinajstić information content (AvgIpc) is 2.98. The van der Waals surface area contributed by atoms with Crippen molar-refractivity contribution in [3.05, 3.63) is 64.5 Å². The number of carbonyl (C=O) groups is 1. The molecule has 0 bridgehead atoms. The lowest BCUT2D eigenvalue weighted by Gasteiger charge is -2.05. The Morgan fingerprint density at radius 3 is 2.76 bits per heavy atom. The van der Waals surface area contributed by atoms with Gasteiger partial charge in [-0.15, -0.1) is 0 Å². The largest absolute Gasteiger partial charge is 0.441 e. The number of hydrogen-bond acceptors (Lipinski definition) is 3. The molecule has 0 unspecified atom stereocenters. The summed E-state index contributed by atoms with van der Waals surface area (Å²) in [6.07, 6.45) is 2.66. The lowest BCUT2D eigenvalue weighted by atomic mass is 10.1. The van der Waals surface area contributed by atoms with Gasteiger partial charge in [0.05, 0.1) is 0 Å². The van der Waals surface area contributed by atoms with Crippen LogP contribution < -0.4 is 5.32 Å². The molecule has 0 fully saturated rings. The van der Waals surface area contributed by atoms with E-state index in [1.165, 1.54) is 0 Å². The normalized spacial score (nSPS) is 11.0. The van der Waals surface area contributed by atoms with Crippen LogP contribution in [0.25, 0.3) is 11.1 Å². The van der Waals surface area contributed by atoms with Gasteiger partial charge in [-0.3, -0.25) is 4.79 Å². The second kappa shape index (κ2) is 8.17. The predicted octanol–water partition coefficient (Wildman–Crippen LogP) is 4.47. The smallest absolute Gasteiger partial charge is 0.220 e. The molecule has 3 aromatic rings. The van der Waals surface area contributed by atoms with E-state index >= 15 is 0 Å². The van der Waals surface area contributed by atoms with Crippen molar-refractivity contribution in [2.75, 3.05) is 6.54 Å². The van der Waals surface area contributed by atoms with Gasteiger partial charge in [-0.05, 0) is 55.2 Å². The third-order valence-corrected chi connectivity index (χ3v) is 4.28. The Morgan fingerprint density at radius 1 is 1.16 bits per heavy atom. The van der Waals surface area contributed by atoms with Crippen molar-refractivity contribution >= 4 is 28.6 Å². The van der Waals surface area contributed by atoms with Crippen molar-refractivity contribution in [1.29, 1.82) is 0 Å². The predicted molar refractivity (Wildman–Crippen MR) is 99.8 cm³/mol. The van der Waals surface area contributed by atoms with E-state index < -0.39 is 0 Å². The molecule has 0 radical (unpaired) electrons. The third-order valence-electron chi connectivity index (χ3n) is 4.03. The Morgan fingerprint density at radius 2 is 1.96 bits per heavy atom. The van der Waals surface area contributed by atoms with E-state index in [0.29, 0.717) is 25.3 Å². The summed E-state index contributed by atoms with van der Waals surface area (Å²) in [4.78, 5) is 16.4. The minimum absolute atomic E-state index is 0.0564. The summed E-state index contributed by atoms with van der Waals surface area (Å²) in [5.41, 5.74) is 3.99. The van der Waals surface area contributed by atoms with E-state index in [0.717, 1.165) is 40.1 Å². The summed E-state index contributed by atoms with van der Waals surface area (Å²) >= 11 is 5.85. The fourth-order valence-electron chi connectivity index (χ4n) is 2.68. The number of amides is 1. The van der Waals surface area contributed by atoms with Gasteiger partial charge in [-0.25, -0.2) is 4.98 Å². The molecule has 2 aromatic carbocycles. The first-order chi connectivity index (χ1) is 12.1. The molecule has 130 valence electrons. The molecule has 1 N–H and O–H groups in total. The molecule has 1 amide bonds. The van der Waals surface area contributed by atoms with Gasteiger partial charge in [0, 0.05) is 24.4 Å². The molecule has 3 rings (SSSR count). The molecule has 0 atom stereocenters. The second-order valence-corrected chi connectivity index (χ2v) is 6.60. The maximum atomic E-state index is 11.9. The van der Waals surface area contributed by atoms with Crippen LogP contribution in [-0.4, -0.2) is 17.4 Å². The number of rotatable bonds is 7. The number of aromatic nitrogens is 1. The van der Waals surface area contributed by atoms with Crippen molar-refractivity contribution in [3.63, 3.8) is 0 Å². The molecule has 1 heterocycles. The molecule has 0 aliphatic rings. The molecular weight excluding hydrogens is 336 g/mol. The number of benzene rings is 2. The maximum absolute atomic E-state index is 11.9. The highest BCUT2D eigenvalue weighted by molar-refractivity contribution is 6.30. The van der Waals surface area contributed by atoms with Gasteiger partial charge in [0.2, 0.25) is 5.91 Å². The Labute approximate surface area is 152 Å². The fourth-order valence-corrected chi connectivity index (χ4v) is 2.80. The number of nitrogens with zero attached hydrogens (tertiary/aromatic N) is 1. The van der Waals surface area contributed by atoms with Crippen LogP contribution in [0.1, 0.15) is 29.9 Å². The summed E-state index contributed by atoms with van der Waals surface area (Å²) in [6, 6.07) is 13.6. The van der Waals surface area contributed by atoms with Gasteiger partial charge < -0.3 is 9.73 Å². The molecule has 25 heavy (non-hydrogen) atoms. The molecule has 4 nitrogen and oxygen atoms in total. The van der Waals surface area contributed by atoms with Crippen LogP contribution >= 0.6 is 11.6 Å². The average molecular weight is 357 g/mol. The number of hydrogen-bond donors (Lipinski definition) is 1. The number of aryl methyl sites for hydroxylation is 2. The van der Waals surface area contributed by atoms with Crippen molar-refractivity contribution < 1.29 is 9.21 Å². The zero-order valence-electron chi connectivity index (χ0n) is 14.2. The van der Waals surface area contributed by atoms with Crippen LogP contribution in [0.5, 0.6) is 0 Å².